The number of rotatable bonds is 20. The Morgan fingerprint density at radius 1 is 0.400 bits per heavy atom. The smallest absolute Gasteiger partial charge is 0.248 e. The minimum Gasteiger partial charge on any atom is -0.323 e. The van der Waals surface area contributed by atoms with Crippen LogP contribution in [0.25, 0.3) is 36.5 Å². The van der Waals surface area contributed by atoms with Gasteiger partial charge in [-0.3, -0.25) is 19.7 Å². The number of nitrogens with one attached hydrogen (secondary N) is 1. The summed E-state index contributed by atoms with van der Waals surface area (Å²) in [6, 6.07) is 35.6. The van der Waals surface area contributed by atoms with Crippen LogP contribution in [0, 0.1) is 240 Å². The van der Waals surface area contributed by atoms with E-state index in [0.29, 0.717) is 0 Å². The van der Waals surface area contributed by atoms with Gasteiger partial charge in [-0.1, -0.05) is 193 Å². The van der Waals surface area contributed by atoms with Gasteiger partial charge in [0.25, 0.3) is 0 Å². The van der Waals surface area contributed by atoms with Crippen molar-refractivity contribution in [2.45, 2.75) is 193 Å². The fourth-order valence-electron chi connectivity index (χ4n) is 6.16. The second-order valence-corrected chi connectivity index (χ2v) is 19.5. The molecule has 6 aromatic rings. The largest absolute Gasteiger partial charge is 0.323 e. The Labute approximate surface area is 871 Å². The Balaban J connectivity index is -0.0000000593. The number of aromatic amines is 1. The van der Waals surface area contributed by atoms with Crippen LogP contribution in [0.2, 0.25) is 0 Å². The fourth-order valence-corrected chi connectivity index (χ4v) is 6.59. The summed E-state index contributed by atoms with van der Waals surface area (Å²) in [6.07, 6.45) is 45.7. The molecule has 0 amide bonds. The molecule has 6 heterocycles. The molecule has 0 bridgehead atoms. The number of nitrogens with zero attached hydrogens (tertiary/aromatic N) is 5. The topological polar surface area (TPSA) is 97.3 Å². The zero-order valence-corrected chi connectivity index (χ0v) is 78.4. The summed E-state index contributed by atoms with van der Waals surface area (Å²) < 4.78 is 0.900. The normalized spacial score (nSPS) is 8.92. The minimum atomic E-state index is -0.0525. The number of H-pyrrole nitrogens is 1. The van der Waals surface area contributed by atoms with Crippen LogP contribution in [0.5, 0.6) is 0 Å². The molecule has 6 rings (SSSR count). The van der Waals surface area contributed by atoms with Crippen molar-refractivity contribution in [3.63, 3.8) is 0 Å². The van der Waals surface area contributed by atoms with Crippen LogP contribution in [0.4, 0.5) is 0 Å². The third kappa shape index (κ3) is 95.1. The molecule has 6 aromatic heterocycles. The molecule has 0 aliphatic carbocycles. The van der Waals surface area contributed by atoms with Crippen molar-refractivity contribution in [2.24, 2.45) is 0 Å². The van der Waals surface area contributed by atoms with E-state index in [0.717, 1.165) is 114 Å². The van der Waals surface area contributed by atoms with Gasteiger partial charge in [0.1, 0.15) is 4.60 Å². The number of hydrogen-bond acceptors (Lipinski definition) is 6. The summed E-state index contributed by atoms with van der Waals surface area (Å²) in [4.78, 5) is 35.5. The standard InChI is InChI=1S/C14H21N.C14H19N.C12H17N.C10H13N.C9H11NO.C6H6BrN.C4H8.C3H8.C3H6.6Ar.6HI/c2*1-3-5-7-10-14-12-8-11-13(15-14)9-6-4-2;1-3-5-8-12-10-6-9-11(13-12)7-4-2;1-3-4-7-10-8-5-6-9(2)11-10;1-2-3-5-8-6-4-7-9(11)10-8;1-5-3-2-4-6(7)8-5;1-3-4-2;2*1-3-2;;;;;;;;;;;;/h7-8,10-12H,3-6,9H2,1-2H3;6-12H,3-5H2,1-2H3;5-6,8-10H,3-4,7H2,1-2H3;4-8H,3H2,1-2H3;3-7H,2H2,1H3,(H,10,11);2-4H,1H3;3H,1,4H2,2H3;3H2,1-2H3;3H,1H2,2H3;;;;;;;6*1H/b10-7+;9-6+,10-7+;8-5+;7-4+;5-3+;;;;;;;;;;;;;;;;. The van der Waals surface area contributed by atoms with Crippen molar-refractivity contribution < 1.29 is 226 Å². The molecule has 95 heavy (non-hydrogen) atoms. The molecule has 7 nitrogen and oxygen atoms in total. The average molecular weight is 2200 g/mol. The molecule has 1 N–H and O–H groups in total. The first-order valence-electron chi connectivity index (χ1n) is 30.6. The van der Waals surface area contributed by atoms with Gasteiger partial charge >= 0.3 is 0 Å². The molecular weight excluding hydrogens is 2080 g/mol. The molecule has 0 aliphatic rings. The second kappa shape index (κ2) is 108. The van der Waals surface area contributed by atoms with Gasteiger partial charge in [-0.05, 0) is 204 Å². The van der Waals surface area contributed by atoms with Crippen LogP contribution < -0.4 is 5.56 Å². The van der Waals surface area contributed by atoms with Crippen molar-refractivity contribution >= 4 is 196 Å². The molecule has 0 radical (unpaired) electrons. The summed E-state index contributed by atoms with van der Waals surface area (Å²) in [5.74, 6) is 0. The molecule has 0 atom stereocenters. The van der Waals surface area contributed by atoms with Gasteiger partial charge < -0.3 is 4.98 Å². The number of allylic oxidation sites excluding steroid dienone is 8. The maximum atomic E-state index is 10.8. The number of hydrogen-bond donors (Lipinski definition) is 1. The van der Waals surface area contributed by atoms with E-state index in [1.165, 1.54) is 49.6 Å². The zero-order chi connectivity index (χ0) is 62.4. The third-order valence-electron chi connectivity index (χ3n) is 10.2. The first-order valence-corrected chi connectivity index (χ1v) is 31.4. The van der Waals surface area contributed by atoms with Crippen LogP contribution in [0.3, 0.4) is 0 Å². The van der Waals surface area contributed by atoms with Crippen molar-refractivity contribution in [3.8, 4) is 0 Å². The maximum Gasteiger partial charge on any atom is 0.248 e. The van der Waals surface area contributed by atoms with E-state index in [1.54, 1.807) is 12.1 Å². The Bertz CT molecular complexity index is 2760. The van der Waals surface area contributed by atoms with Crippen LogP contribution in [-0.2, 0) is 12.8 Å². The van der Waals surface area contributed by atoms with E-state index < -0.39 is 0 Å². The number of halogens is 7. The van der Waals surface area contributed by atoms with E-state index in [-0.39, 0.29) is 376 Å². The molecular formula is C75H115Ar6BrI6N6O. The van der Waals surface area contributed by atoms with Crippen molar-refractivity contribution in [3.05, 3.63) is 243 Å². The quantitative estimate of drug-likeness (QED) is 0.0465. The van der Waals surface area contributed by atoms with Crippen LogP contribution >= 0.6 is 160 Å². The minimum absolute atomic E-state index is 0. The van der Waals surface area contributed by atoms with Gasteiger partial charge in [-0.2, -0.15) is 0 Å². The van der Waals surface area contributed by atoms with Gasteiger partial charge in [0.15, 0.2) is 0 Å². The van der Waals surface area contributed by atoms with Gasteiger partial charge in [-0.15, -0.1) is 157 Å². The van der Waals surface area contributed by atoms with Crippen LogP contribution in [-0.4, -0.2) is 29.9 Å². The Morgan fingerprint density at radius 2 is 0.726 bits per heavy atom. The van der Waals surface area contributed by atoms with E-state index >= 15 is 0 Å². The summed E-state index contributed by atoms with van der Waals surface area (Å²) in [5.41, 5.74) is 10.6. The molecule has 0 fully saturated rings. The van der Waals surface area contributed by atoms with Crippen LogP contribution in [0.15, 0.2) is 180 Å². The van der Waals surface area contributed by atoms with Gasteiger partial charge in [0.05, 0.1) is 28.5 Å². The second-order valence-electron chi connectivity index (χ2n) is 18.7. The third-order valence-corrected chi connectivity index (χ3v) is 10.6. The molecule has 0 saturated carbocycles. The van der Waals surface area contributed by atoms with Crippen molar-refractivity contribution in [1.29, 1.82) is 0 Å². The Hall–Kier alpha value is 5.04. The predicted molar refractivity (Wildman–Crippen MR) is 468 cm³/mol. The van der Waals surface area contributed by atoms with E-state index in [2.05, 4.69) is 220 Å². The monoisotopic (exact) mass is 2200 g/mol. The van der Waals surface area contributed by atoms with E-state index in [9.17, 15) is 4.79 Å². The van der Waals surface area contributed by atoms with Crippen molar-refractivity contribution in [1.82, 2.24) is 29.9 Å². The number of unbranched alkanes of at least 4 members (excludes halogenated alkanes) is 3. The molecule has 0 aliphatic heterocycles. The SMILES string of the molecule is C=CC.C=CCC.CC/C=C/c1cccc(/C=C/CCC)n1.CC/C=C/c1cccc(=O)[nH]1.CC/C=C/c1cccc(C)n1.CC/C=C/c1cccc(CCC)n1.CCC.CCC/C=C/c1cccc(CCCC)n1.Cc1cccc(Br)n1.I.I.I.I.I.I.[Ar].[Ar].[Ar].[Ar].[Ar].[Ar]. The Kier molecular flexibility index (Phi) is 154. The van der Waals surface area contributed by atoms with Gasteiger partial charge in [0, 0.05) is 261 Å². The molecule has 0 saturated heterocycles. The Morgan fingerprint density at radius 3 is 1.05 bits per heavy atom. The summed E-state index contributed by atoms with van der Waals surface area (Å²) >= 11 is 3.25. The van der Waals surface area contributed by atoms with E-state index in [4.69, 9.17) is 0 Å². The van der Waals surface area contributed by atoms with Gasteiger partial charge in [0.2, 0.25) is 5.56 Å². The number of aromatic nitrogens is 6. The first-order chi connectivity index (χ1) is 40.3. The maximum absolute atomic E-state index is 10.8. The van der Waals surface area contributed by atoms with Crippen molar-refractivity contribution in [2.75, 3.05) is 0 Å². The zero-order valence-electron chi connectivity index (χ0n) is 58.6. The summed E-state index contributed by atoms with van der Waals surface area (Å²) in [5, 5.41) is 0. The van der Waals surface area contributed by atoms with Gasteiger partial charge in [-0.25, -0.2) is 9.97 Å². The molecule has 20 heteroatoms. The molecule has 548 valence electrons. The molecule has 0 spiro atoms. The fraction of sp³-hybridized carbons (Fsp3) is 0.387. The van der Waals surface area contributed by atoms with E-state index in [1.807, 2.05) is 112 Å². The molecule has 0 aromatic carbocycles. The predicted octanol–water partition coefficient (Wildman–Crippen LogP) is 26.7. The molecule has 0 unspecified atom stereocenters. The number of pyridine rings is 6. The van der Waals surface area contributed by atoms with Crippen LogP contribution in [0.1, 0.15) is 223 Å². The number of aryl methyl sites for hydroxylation is 4. The summed E-state index contributed by atoms with van der Waals surface area (Å²) in [6.45, 7) is 36.2. The average Bonchev–Trinajstić information content (AvgIpc) is 2.52. The summed E-state index contributed by atoms with van der Waals surface area (Å²) in [7, 11) is 0. The first kappa shape index (κ1) is 136.